The molecule has 1 heterocycles. The van der Waals surface area contributed by atoms with Crippen LogP contribution in [0.5, 0.6) is 0 Å². The van der Waals surface area contributed by atoms with Crippen LogP contribution >= 0.6 is 23.4 Å². The molecule has 13 heavy (non-hydrogen) atoms. The number of rotatable bonds is 5. The number of nitrogens with zero attached hydrogens (tertiary/aromatic N) is 4. The molecule has 0 spiro atoms. The van der Waals surface area contributed by atoms with Gasteiger partial charge in [0.15, 0.2) is 5.82 Å². The van der Waals surface area contributed by atoms with Gasteiger partial charge in [0.05, 0.1) is 11.6 Å². The molecule has 0 fully saturated rings. The Labute approximate surface area is 84.8 Å². The number of carbonyl (C=O) groups excluding carboxylic acids is 1. The van der Waals surface area contributed by atoms with Gasteiger partial charge in [-0.15, -0.1) is 16.9 Å². The van der Waals surface area contributed by atoms with Crippen molar-refractivity contribution in [3.8, 4) is 0 Å². The Balaban J connectivity index is 2.40. The smallest absolute Gasteiger partial charge is 0.231 e. The Morgan fingerprint density at radius 2 is 2.46 bits per heavy atom. The molecule has 72 valence electrons. The summed E-state index contributed by atoms with van der Waals surface area (Å²) in [4.78, 5) is 10.4. The number of carbonyl (C=O) groups is 1. The van der Waals surface area contributed by atoms with Crippen LogP contribution in [-0.4, -0.2) is 31.2 Å². The van der Waals surface area contributed by atoms with Gasteiger partial charge in [-0.3, -0.25) is 4.79 Å². The second-order valence-corrected chi connectivity index (χ2v) is 3.66. The molecule has 0 saturated carbocycles. The number of hydrogen-bond acceptors (Lipinski definition) is 5. The summed E-state index contributed by atoms with van der Waals surface area (Å²) in [5.41, 5.74) is 0. The largest absolute Gasteiger partial charge is 0.280 e. The van der Waals surface area contributed by atoms with Gasteiger partial charge < -0.3 is 0 Å². The molecule has 0 atom stereocenters. The molecule has 0 bridgehead atoms. The molecule has 1 aromatic rings. The Morgan fingerprint density at radius 1 is 1.69 bits per heavy atom. The van der Waals surface area contributed by atoms with Gasteiger partial charge in [0.1, 0.15) is 0 Å². The lowest BCUT2D eigenvalue weighted by molar-refractivity contribution is -0.109. The van der Waals surface area contributed by atoms with Crippen molar-refractivity contribution >= 4 is 28.6 Å². The van der Waals surface area contributed by atoms with E-state index in [1.807, 2.05) is 6.92 Å². The summed E-state index contributed by atoms with van der Waals surface area (Å²) in [6, 6.07) is 0. The van der Waals surface area contributed by atoms with Gasteiger partial charge in [0, 0.05) is 6.42 Å². The van der Waals surface area contributed by atoms with Gasteiger partial charge in [-0.1, -0.05) is 6.92 Å². The van der Waals surface area contributed by atoms with Crippen LogP contribution < -0.4 is 0 Å². The predicted molar refractivity (Wildman–Crippen MR) is 50.5 cm³/mol. The standard InChI is InChI=1S/C6H9ClN4OS/c1-2-6-8-9-10-11(6)4-13-3-5(7)12/h2-4H2,1H3. The van der Waals surface area contributed by atoms with E-state index in [0.717, 1.165) is 12.2 Å². The minimum absolute atomic E-state index is 0.282. The van der Waals surface area contributed by atoms with Gasteiger partial charge in [0.2, 0.25) is 5.24 Å². The van der Waals surface area contributed by atoms with Crippen molar-refractivity contribution in [1.82, 2.24) is 20.2 Å². The third-order valence-electron chi connectivity index (χ3n) is 1.35. The zero-order chi connectivity index (χ0) is 9.68. The van der Waals surface area contributed by atoms with Crippen LogP contribution in [-0.2, 0) is 17.1 Å². The Hall–Kier alpha value is -0.620. The fraction of sp³-hybridized carbons (Fsp3) is 0.667. The summed E-state index contributed by atoms with van der Waals surface area (Å²) >= 11 is 6.56. The Bertz CT molecular complexity index is 290. The lowest BCUT2D eigenvalue weighted by Crippen LogP contribution is -2.04. The van der Waals surface area contributed by atoms with Gasteiger partial charge in [-0.05, 0) is 22.0 Å². The quantitative estimate of drug-likeness (QED) is 0.684. The van der Waals surface area contributed by atoms with E-state index >= 15 is 0 Å². The maximum atomic E-state index is 10.4. The monoisotopic (exact) mass is 220 g/mol. The number of halogens is 1. The van der Waals surface area contributed by atoms with E-state index in [4.69, 9.17) is 11.6 Å². The molecule has 7 heteroatoms. The van der Waals surface area contributed by atoms with Crippen LogP contribution in [0.15, 0.2) is 0 Å². The Kier molecular flexibility index (Phi) is 4.17. The van der Waals surface area contributed by atoms with E-state index in [0.29, 0.717) is 5.88 Å². The third-order valence-corrected chi connectivity index (χ3v) is 2.54. The number of aryl methyl sites for hydroxylation is 1. The van der Waals surface area contributed by atoms with Crippen molar-refractivity contribution < 1.29 is 4.79 Å². The number of tetrazole rings is 1. The molecule has 0 aromatic carbocycles. The van der Waals surface area contributed by atoms with Crippen molar-refractivity contribution in [2.45, 2.75) is 19.2 Å². The molecular weight excluding hydrogens is 212 g/mol. The Morgan fingerprint density at radius 3 is 3.08 bits per heavy atom. The molecular formula is C6H9ClN4OS. The van der Waals surface area contributed by atoms with E-state index < -0.39 is 0 Å². The highest BCUT2D eigenvalue weighted by Crippen LogP contribution is 2.06. The zero-order valence-electron chi connectivity index (χ0n) is 7.10. The highest BCUT2D eigenvalue weighted by molar-refractivity contribution is 7.99. The lowest BCUT2D eigenvalue weighted by atomic mass is 10.5. The molecule has 0 N–H and O–H groups in total. The predicted octanol–water partition coefficient (Wildman–Crippen LogP) is 0.692. The van der Waals surface area contributed by atoms with E-state index in [9.17, 15) is 4.79 Å². The third kappa shape index (κ3) is 3.31. The van der Waals surface area contributed by atoms with Crippen LogP contribution in [0.25, 0.3) is 0 Å². The molecule has 0 aliphatic carbocycles. The van der Waals surface area contributed by atoms with E-state index in [1.54, 1.807) is 4.68 Å². The molecule has 0 aliphatic rings. The zero-order valence-corrected chi connectivity index (χ0v) is 8.68. The fourth-order valence-corrected chi connectivity index (χ4v) is 1.65. The molecule has 0 unspecified atom stereocenters. The first-order chi connectivity index (χ1) is 6.24. The van der Waals surface area contributed by atoms with Crippen molar-refractivity contribution in [2.24, 2.45) is 0 Å². The minimum Gasteiger partial charge on any atom is -0.280 e. The van der Waals surface area contributed by atoms with Crippen LogP contribution in [0.1, 0.15) is 12.7 Å². The maximum Gasteiger partial charge on any atom is 0.231 e. The molecule has 0 aliphatic heterocycles. The summed E-state index contributed by atoms with van der Waals surface area (Å²) in [6.45, 7) is 1.97. The number of thioether (sulfide) groups is 1. The van der Waals surface area contributed by atoms with Gasteiger partial charge in [-0.25, -0.2) is 4.68 Å². The summed E-state index contributed by atoms with van der Waals surface area (Å²) in [6.07, 6.45) is 0.780. The van der Waals surface area contributed by atoms with Gasteiger partial charge >= 0.3 is 0 Å². The number of aromatic nitrogens is 4. The first-order valence-corrected chi connectivity index (χ1v) is 5.28. The molecule has 0 amide bonds. The molecule has 1 aromatic heterocycles. The lowest BCUT2D eigenvalue weighted by Gasteiger charge is -1.99. The first kappa shape index (κ1) is 10.5. The second-order valence-electron chi connectivity index (χ2n) is 2.28. The van der Waals surface area contributed by atoms with Gasteiger partial charge in [0.25, 0.3) is 0 Å². The molecule has 0 saturated heterocycles. The van der Waals surface area contributed by atoms with Crippen molar-refractivity contribution in [3.05, 3.63) is 5.82 Å². The van der Waals surface area contributed by atoms with E-state index in [-0.39, 0.29) is 11.0 Å². The molecule has 0 radical (unpaired) electrons. The normalized spacial score (nSPS) is 10.3. The average molecular weight is 221 g/mol. The van der Waals surface area contributed by atoms with Crippen molar-refractivity contribution in [1.29, 1.82) is 0 Å². The summed E-state index contributed by atoms with van der Waals surface area (Å²) in [7, 11) is 0. The topological polar surface area (TPSA) is 60.7 Å². The van der Waals surface area contributed by atoms with E-state index in [2.05, 4.69) is 15.5 Å². The average Bonchev–Trinajstić information content (AvgIpc) is 2.51. The highest BCUT2D eigenvalue weighted by atomic mass is 35.5. The first-order valence-electron chi connectivity index (χ1n) is 3.75. The molecule has 1 rings (SSSR count). The summed E-state index contributed by atoms with van der Waals surface area (Å²) in [5.74, 6) is 1.66. The van der Waals surface area contributed by atoms with Crippen LogP contribution in [0, 0.1) is 0 Å². The van der Waals surface area contributed by atoms with Crippen LogP contribution in [0.3, 0.4) is 0 Å². The minimum atomic E-state index is -0.351. The number of hydrogen-bond donors (Lipinski definition) is 0. The summed E-state index contributed by atoms with van der Waals surface area (Å²) in [5, 5.41) is 10.7. The van der Waals surface area contributed by atoms with E-state index in [1.165, 1.54) is 11.8 Å². The SMILES string of the molecule is CCc1nnnn1CSCC(=O)Cl. The highest BCUT2D eigenvalue weighted by Gasteiger charge is 2.03. The molecule has 5 nitrogen and oxygen atoms in total. The van der Waals surface area contributed by atoms with Crippen molar-refractivity contribution in [3.63, 3.8) is 0 Å². The van der Waals surface area contributed by atoms with Crippen LogP contribution in [0.4, 0.5) is 0 Å². The van der Waals surface area contributed by atoms with Crippen molar-refractivity contribution in [2.75, 3.05) is 5.75 Å². The van der Waals surface area contributed by atoms with Crippen LogP contribution in [0.2, 0.25) is 0 Å². The van der Waals surface area contributed by atoms with Gasteiger partial charge in [-0.2, -0.15) is 0 Å². The summed E-state index contributed by atoms with van der Waals surface area (Å²) < 4.78 is 1.66. The second kappa shape index (κ2) is 5.18. The maximum absolute atomic E-state index is 10.4. The fourth-order valence-electron chi connectivity index (χ4n) is 0.789.